The molecule has 2 heterocycles. The minimum Gasteiger partial charge on any atom is -0.373 e. The van der Waals surface area contributed by atoms with Gasteiger partial charge in [0.05, 0.1) is 5.69 Å². The van der Waals surface area contributed by atoms with Crippen LogP contribution in [-0.4, -0.2) is 22.0 Å². The van der Waals surface area contributed by atoms with Gasteiger partial charge in [-0.3, -0.25) is 0 Å². The van der Waals surface area contributed by atoms with E-state index in [4.69, 9.17) is 0 Å². The molecule has 0 radical (unpaired) electrons. The smallest absolute Gasteiger partial charge is 0.130 e. The molecule has 0 atom stereocenters. The fourth-order valence-electron chi connectivity index (χ4n) is 1.33. The molecule has 0 spiro atoms. The maximum absolute atomic E-state index is 4.35. The number of nitrogens with one attached hydrogen (secondary N) is 2. The molecule has 0 saturated carbocycles. The fraction of sp³-hybridized carbons (Fsp3) is 0.200. The summed E-state index contributed by atoms with van der Waals surface area (Å²) in [5.74, 6) is 1.61. The number of nitrogens with zero attached hydrogens (tertiary/aromatic N) is 2. The van der Waals surface area contributed by atoms with Crippen LogP contribution in [0.1, 0.15) is 5.82 Å². The molecule has 2 N–H and O–H groups in total. The summed E-state index contributed by atoms with van der Waals surface area (Å²) in [6.07, 6.45) is 3.80. The van der Waals surface area contributed by atoms with Gasteiger partial charge >= 0.3 is 0 Å². The van der Waals surface area contributed by atoms with E-state index in [1.54, 1.807) is 0 Å². The van der Waals surface area contributed by atoms with Crippen molar-refractivity contribution in [2.45, 2.75) is 6.92 Å². The van der Waals surface area contributed by atoms with Gasteiger partial charge in [-0.15, -0.1) is 0 Å². The second kappa shape index (κ2) is 3.49. The summed E-state index contributed by atoms with van der Waals surface area (Å²) < 4.78 is 0. The molecule has 0 aliphatic carbocycles. The van der Waals surface area contributed by atoms with Crippen molar-refractivity contribution >= 4 is 5.82 Å². The van der Waals surface area contributed by atoms with Crippen LogP contribution in [-0.2, 0) is 0 Å². The molecule has 4 nitrogen and oxygen atoms in total. The Kier molecular flexibility index (Phi) is 2.18. The van der Waals surface area contributed by atoms with Crippen LogP contribution in [0.15, 0.2) is 24.5 Å². The van der Waals surface area contributed by atoms with E-state index < -0.39 is 0 Å². The number of hydrogen-bond donors (Lipinski definition) is 2. The molecule has 0 aliphatic heterocycles. The van der Waals surface area contributed by atoms with Crippen molar-refractivity contribution in [3.8, 4) is 11.3 Å². The predicted octanol–water partition coefficient (Wildman–Crippen LogP) is 1.82. The van der Waals surface area contributed by atoms with Crippen LogP contribution < -0.4 is 5.32 Å². The summed E-state index contributed by atoms with van der Waals surface area (Å²) >= 11 is 0. The SMILES string of the molecule is CNc1cc(-c2cc[nH]c2)nc(C)n1. The summed E-state index contributed by atoms with van der Waals surface area (Å²) in [5, 5.41) is 3.01. The Morgan fingerprint density at radius 2 is 2.21 bits per heavy atom. The van der Waals surface area contributed by atoms with Crippen molar-refractivity contribution in [3.05, 3.63) is 30.4 Å². The summed E-state index contributed by atoms with van der Waals surface area (Å²) in [4.78, 5) is 11.6. The molecule has 0 aliphatic rings. The highest BCUT2D eigenvalue weighted by atomic mass is 15.0. The van der Waals surface area contributed by atoms with E-state index in [1.165, 1.54) is 0 Å². The first-order valence-corrected chi connectivity index (χ1v) is 4.46. The number of aromatic nitrogens is 3. The highest BCUT2D eigenvalue weighted by Gasteiger charge is 2.02. The van der Waals surface area contributed by atoms with Gasteiger partial charge in [-0.2, -0.15) is 0 Å². The number of aromatic amines is 1. The predicted molar refractivity (Wildman–Crippen MR) is 56.1 cm³/mol. The van der Waals surface area contributed by atoms with E-state index >= 15 is 0 Å². The van der Waals surface area contributed by atoms with Crippen LogP contribution in [0.25, 0.3) is 11.3 Å². The van der Waals surface area contributed by atoms with Crippen LogP contribution in [0, 0.1) is 6.92 Å². The van der Waals surface area contributed by atoms with Crippen LogP contribution in [0.3, 0.4) is 0 Å². The maximum atomic E-state index is 4.35. The van der Waals surface area contributed by atoms with Crippen LogP contribution in [0.4, 0.5) is 5.82 Å². The maximum Gasteiger partial charge on any atom is 0.130 e. The van der Waals surface area contributed by atoms with E-state index in [0.717, 1.165) is 22.9 Å². The second-order valence-electron chi connectivity index (χ2n) is 3.04. The van der Waals surface area contributed by atoms with E-state index in [-0.39, 0.29) is 0 Å². The van der Waals surface area contributed by atoms with Gasteiger partial charge in [0, 0.05) is 31.1 Å². The van der Waals surface area contributed by atoms with Crippen LogP contribution in [0.2, 0.25) is 0 Å². The number of anilines is 1. The molecule has 72 valence electrons. The van der Waals surface area contributed by atoms with E-state index in [9.17, 15) is 0 Å². The third-order valence-electron chi connectivity index (χ3n) is 1.99. The number of rotatable bonds is 2. The Morgan fingerprint density at radius 1 is 1.36 bits per heavy atom. The third kappa shape index (κ3) is 1.59. The van der Waals surface area contributed by atoms with Crippen LogP contribution >= 0.6 is 0 Å². The first-order chi connectivity index (χ1) is 6.79. The summed E-state index contributed by atoms with van der Waals surface area (Å²) in [7, 11) is 1.85. The van der Waals surface area contributed by atoms with Gasteiger partial charge in [-0.05, 0) is 13.0 Å². The number of H-pyrrole nitrogens is 1. The van der Waals surface area contributed by atoms with E-state index in [1.807, 2.05) is 38.5 Å². The summed E-state index contributed by atoms with van der Waals surface area (Å²) in [6.45, 7) is 1.89. The van der Waals surface area contributed by atoms with Gasteiger partial charge in [0.1, 0.15) is 11.6 Å². The van der Waals surface area contributed by atoms with Gasteiger partial charge < -0.3 is 10.3 Å². The van der Waals surface area contributed by atoms with Gasteiger partial charge in [0.15, 0.2) is 0 Å². The Labute approximate surface area is 82.4 Å². The minimum atomic E-state index is 0.771. The Bertz CT molecular complexity index is 420. The van der Waals surface area contributed by atoms with Crippen molar-refractivity contribution in [3.63, 3.8) is 0 Å². The first-order valence-electron chi connectivity index (χ1n) is 4.46. The normalized spacial score (nSPS) is 10.1. The molecule has 0 unspecified atom stereocenters. The monoisotopic (exact) mass is 188 g/mol. The minimum absolute atomic E-state index is 0.771. The lowest BCUT2D eigenvalue weighted by atomic mass is 10.2. The lowest BCUT2D eigenvalue weighted by Crippen LogP contribution is -1.97. The lowest BCUT2D eigenvalue weighted by molar-refractivity contribution is 1.06. The van der Waals surface area contributed by atoms with E-state index in [2.05, 4.69) is 20.3 Å². The Balaban J connectivity index is 2.48. The van der Waals surface area contributed by atoms with E-state index in [0.29, 0.717) is 0 Å². The van der Waals surface area contributed by atoms with Crippen molar-refractivity contribution in [2.75, 3.05) is 12.4 Å². The largest absolute Gasteiger partial charge is 0.373 e. The molecule has 4 heteroatoms. The number of aryl methyl sites for hydroxylation is 1. The molecule has 0 fully saturated rings. The summed E-state index contributed by atoms with van der Waals surface area (Å²) in [5.41, 5.74) is 2.01. The van der Waals surface area contributed by atoms with Gasteiger partial charge in [-0.1, -0.05) is 0 Å². The molecule has 0 amide bonds. The van der Waals surface area contributed by atoms with Crippen molar-refractivity contribution in [1.29, 1.82) is 0 Å². The Morgan fingerprint density at radius 3 is 2.86 bits per heavy atom. The fourth-order valence-corrected chi connectivity index (χ4v) is 1.33. The van der Waals surface area contributed by atoms with Gasteiger partial charge in [-0.25, -0.2) is 9.97 Å². The zero-order chi connectivity index (χ0) is 9.97. The molecule has 2 rings (SSSR count). The highest BCUT2D eigenvalue weighted by Crippen LogP contribution is 2.18. The molecule has 0 aromatic carbocycles. The Hall–Kier alpha value is -1.84. The van der Waals surface area contributed by atoms with Crippen molar-refractivity contribution < 1.29 is 0 Å². The van der Waals surface area contributed by atoms with Gasteiger partial charge in [0.25, 0.3) is 0 Å². The third-order valence-corrected chi connectivity index (χ3v) is 1.99. The van der Waals surface area contributed by atoms with Crippen molar-refractivity contribution in [2.24, 2.45) is 0 Å². The molecule has 0 bridgehead atoms. The van der Waals surface area contributed by atoms with Crippen LogP contribution in [0.5, 0.6) is 0 Å². The second-order valence-corrected chi connectivity index (χ2v) is 3.04. The lowest BCUT2D eigenvalue weighted by Gasteiger charge is -2.03. The average molecular weight is 188 g/mol. The molecule has 2 aromatic heterocycles. The number of hydrogen-bond acceptors (Lipinski definition) is 3. The molecule has 14 heavy (non-hydrogen) atoms. The molecular formula is C10H12N4. The highest BCUT2D eigenvalue weighted by molar-refractivity contribution is 5.61. The quantitative estimate of drug-likeness (QED) is 0.755. The van der Waals surface area contributed by atoms with Gasteiger partial charge in [0.2, 0.25) is 0 Å². The molecular weight excluding hydrogens is 176 g/mol. The standard InChI is InChI=1S/C10H12N4/c1-7-13-9(5-10(11-2)14-7)8-3-4-12-6-8/h3-6,12H,1-2H3,(H,11,13,14). The summed E-state index contributed by atoms with van der Waals surface area (Å²) in [6, 6.07) is 3.91. The first kappa shape index (κ1) is 8.74. The average Bonchev–Trinajstić information content (AvgIpc) is 2.69. The topological polar surface area (TPSA) is 53.6 Å². The zero-order valence-corrected chi connectivity index (χ0v) is 8.20. The van der Waals surface area contributed by atoms with Crippen molar-refractivity contribution in [1.82, 2.24) is 15.0 Å². The zero-order valence-electron chi connectivity index (χ0n) is 8.20. The molecule has 0 saturated heterocycles. The molecule has 2 aromatic rings.